The number of rotatable bonds is 2. The largest absolute Gasteiger partial charge is 0.383 e. The van der Waals surface area contributed by atoms with Gasteiger partial charge in [0, 0.05) is 9.79 Å². The Hall–Kier alpha value is -2.27. The molecule has 0 saturated carbocycles. The summed E-state index contributed by atoms with van der Waals surface area (Å²) in [5, 5.41) is 0.855. The van der Waals surface area contributed by atoms with Crippen molar-refractivity contribution in [3.63, 3.8) is 0 Å². The number of benzene rings is 2. The first kappa shape index (κ1) is 12.7. The third-order valence-electron chi connectivity index (χ3n) is 2.95. The Bertz CT molecular complexity index is 786. The minimum atomic E-state index is 0.202. The molecule has 4 N–H and O–H groups in total. The first-order chi connectivity index (χ1) is 9.63. The molecule has 0 radical (unpaired) electrons. The maximum absolute atomic E-state index is 6.00. The van der Waals surface area contributed by atoms with Gasteiger partial charge in [0.1, 0.15) is 5.82 Å². The second-order valence-electron chi connectivity index (χ2n) is 4.54. The van der Waals surface area contributed by atoms with Gasteiger partial charge in [-0.3, -0.25) is 0 Å². The van der Waals surface area contributed by atoms with Crippen LogP contribution in [0.3, 0.4) is 0 Å². The van der Waals surface area contributed by atoms with Crippen molar-refractivity contribution < 1.29 is 0 Å². The summed E-state index contributed by atoms with van der Waals surface area (Å²) < 4.78 is 0. The van der Waals surface area contributed by atoms with Crippen molar-refractivity contribution >= 4 is 34.4 Å². The Morgan fingerprint density at radius 1 is 1.00 bits per heavy atom. The number of hydrogen-bond acceptors (Lipinski definition) is 5. The predicted molar refractivity (Wildman–Crippen MR) is 83.7 cm³/mol. The van der Waals surface area contributed by atoms with Crippen molar-refractivity contribution in [3.8, 4) is 0 Å². The third-order valence-corrected chi connectivity index (χ3v) is 4.00. The standard InChI is InChI=1S/C15H14N4S/c1-9-4-2-5-10(8-9)20-12-7-3-6-11-13(12)14(16)19-15(17)18-11/h2-8H,1H3,(H4,16,17,18,19). The molecule has 0 aliphatic carbocycles. The average molecular weight is 282 g/mol. The van der Waals surface area contributed by atoms with Crippen LogP contribution in [0.15, 0.2) is 52.3 Å². The zero-order valence-corrected chi connectivity index (χ0v) is 11.8. The molecule has 2 aromatic carbocycles. The lowest BCUT2D eigenvalue weighted by atomic mass is 10.2. The normalized spacial score (nSPS) is 10.8. The lowest BCUT2D eigenvalue weighted by Gasteiger charge is -2.08. The molecular weight excluding hydrogens is 268 g/mol. The van der Waals surface area contributed by atoms with Crippen molar-refractivity contribution in [2.75, 3.05) is 11.5 Å². The fraction of sp³-hybridized carbons (Fsp3) is 0.0667. The van der Waals surface area contributed by atoms with E-state index >= 15 is 0 Å². The fourth-order valence-corrected chi connectivity index (χ4v) is 3.19. The van der Waals surface area contributed by atoms with Crippen molar-refractivity contribution in [1.29, 1.82) is 0 Å². The topological polar surface area (TPSA) is 77.8 Å². The number of nitrogen functional groups attached to an aromatic ring is 2. The van der Waals surface area contributed by atoms with Gasteiger partial charge in [0.2, 0.25) is 5.95 Å². The average Bonchev–Trinajstić information content (AvgIpc) is 2.38. The Morgan fingerprint density at radius 2 is 1.80 bits per heavy atom. The van der Waals surface area contributed by atoms with Gasteiger partial charge in [0.25, 0.3) is 0 Å². The van der Waals surface area contributed by atoms with E-state index in [9.17, 15) is 0 Å². The highest BCUT2D eigenvalue weighted by Crippen LogP contribution is 2.35. The van der Waals surface area contributed by atoms with E-state index in [-0.39, 0.29) is 5.95 Å². The van der Waals surface area contributed by atoms with Gasteiger partial charge in [-0.05, 0) is 31.2 Å². The molecule has 0 bridgehead atoms. The molecule has 0 saturated heterocycles. The van der Waals surface area contributed by atoms with E-state index in [1.807, 2.05) is 24.3 Å². The molecule has 5 heteroatoms. The van der Waals surface area contributed by atoms with Crippen LogP contribution < -0.4 is 11.5 Å². The summed E-state index contributed by atoms with van der Waals surface area (Å²) in [4.78, 5) is 10.5. The van der Waals surface area contributed by atoms with Crippen molar-refractivity contribution in [2.45, 2.75) is 16.7 Å². The van der Waals surface area contributed by atoms with Crippen LogP contribution in [0, 0.1) is 6.92 Å². The molecule has 4 nitrogen and oxygen atoms in total. The number of nitrogens with two attached hydrogens (primary N) is 2. The lowest BCUT2D eigenvalue weighted by molar-refractivity contribution is 1.23. The number of aromatic nitrogens is 2. The summed E-state index contributed by atoms with van der Waals surface area (Å²) in [7, 11) is 0. The van der Waals surface area contributed by atoms with Crippen LogP contribution in [0.2, 0.25) is 0 Å². The van der Waals surface area contributed by atoms with Crippen molar-refractivity contribution in [3.05, 3.63) is 48.0 Å². The van der Waals surface area contributed by atoms with Gasteiger partial charge in [-0.15, -0.1) is 0 Å². The zero-order chi connectivity index (χ0) is 14.1. The van der Waals surface area contributed by atoms with E-state index in [2.05, 4.69) is 35.1 Å². The molecule has 0 fully saturated rings. The first-order valence-corrected chi connectivity index (χ1v) is 7.01. The van der Waals surface area contributed by atoms with Gasteiger partial charge in [-0.25, -0.2) is 4.98 Å². The molecule has 1 heterocycles. The van der Waals surface area contributed by atoms with E-state index in [0.717, 1.165) is 20.7 Å². The second-order valence-corrected chi connectivity index (χ2v) is 5.65. The maximum Gasteiger partial charge on any atom is 0.222 e. The second kappa shape index (κ2) is 5.02. The minimum Gasteiger partial charge on any atom is -0.383 e. The Morgan fingerprint density at radius 3 is 2.60 bits per heavy atom. The summed E-state index contributed by atoms with van der Waals surface area (Å²) in [6.07, 6.45) is 0. The number of anilines is 2. The molecule has 0 aliphatic rings. The third kappa shape index (κ3) is 2.40. The predicted octanol–water partition coefficient (Wildman–Crippen LogP) is 3.25. The quantitative estimate of drug-likeness (QED) is 0.754. The van der Waals surface area contributed by atoms with Crippen LogP contribution in [0.25, 0.3) is 10.9 Å². The summed E-state index contributed by atoms with van der Waals surface area (Å²) in [6.45, 7) is 2.07. The summed E-state index contributed by atoms with van der Waals surface area (Å²) in [5.74, 6) is 0.621. The smallest absolute Gasteiger partial charge is 0.222 e. The maximum atomic E-state index is 6.00. The molecule has 0 unspecified atom stereocenters. The highest BCUT2D eigenvalue weighted by molar-refractivity contribution is 7.99. The van der Waals surface area contributed by atoms with Gasteiger partial charge in [-0.1, -0.05) is 35.5 Å². The highest BCUT2D eigenvalue weighted by atomic mass is 32.2. The Labute approximate surface area is 121 Å². The molecule has 1 aromatic heterocycles. The van der Waals surface area contributed by atoms with Crippen LogP contribution in [0.4, 0.5) is 11.8 Å². The van der Waals surface area contributed by atoms with E-state index in [1.54, 1.807) is 11.8 Å². The van der Waals surface area contributed by atoms with Crippen LogP contribution in [-0.2, 0) is 0 Å². The van der Waals surface area contributed by atoms with Crippen molar-refractivity contribution in [1.82, 2.24) is 9.97 Å². The molecule has 0 atom stereocenters. The van der Waals surface area contributed by atoms with E-state index in [0.29, 0.717) is 5.82 Å². The SMILES string of the molecule is Cc1cccc(Sc2cccc3nc(N)nc(N)c23)c1. The molecule has 0 spiro atoms. The summed E-state index contributed by atoms with van der Waals surface area (Å²) in [5.41, 5.74) is 13.6. The van der Waals surface area contributed by atoms with E-state index < -0.39 is 0 Å². The number of fused-ring (bicyclic) bond motifs is 1. The molecule has 0 aliphatic heterocycles. The Balaban J connectivity index is 2.12. The first-order valence-electron chi connectivity index (χ1n) is 6.20. The molecule has 3 rings (SSSR count). The molecule has 3 aromatic rings. The van der Waals surface area contributed by atoms with Gasteiger partial charge in [-0.2, -0.15) is 4.98 Å². The van der Waals surface area contributed by atoms with E-state index in [4.69, 9.17) is 11.5 Å². The van der Waals surface area contributed by atoms with E-state index in [1.165, 1.54) is 5.56 Å². The molecule has 20 heavy (non-hydrogen) atoms. The van der Waals surface area contributed by atoms with Gasteiger partial charge >= 0.3 is 0 Å². The lowest BCUT2D eigenvalue weighted by Crippen LogP contribution is -2.01. The zero-order valence-electron chi connectivity index (χ0n) is 11.0. The fourth-order valence-electron chi connectivity index (χ4n) is 2.09. The molecular formula is C15H14N4S. The van der Waals surface area contributed by atoms with Crippen LogP contribution in [-0.4, -0.2) is 9.97 Å². The van der Waals surface area contributed by atoms with Gasteiger partial charge in [0.05, 0.1) is 10.9 Å². The Kier molecular flexibility index (Phi) is 3.20. The minimum absolute atomic E-state index is 0.202. The number of nitrogens with zero attached hydrogens (tertiary/aromatic N) is 2. The highest BCUT2D eigenvalue weighted by Gasteiger charge is 2.09. The van der Waals surface area contributed by atoms with Gasteiger partial charge < -0.3 is 11.5 Å². The number of aryl methyl sites for hydroxylation is 1. The van der Waals surface area contributed by atoms with Gasteiger partial charge in [0.15, 0.2) is 0 Å². The van der Waals surface area contributed by atoms with Crippen LogP contribution in [0.1, 0.15) is 5.56 Å². The monoisotopic (exact) mass is 282 g/mol. The number of hydrogen-bond donors (Lipinski definition) is 2. The molecule has 0 amide bonds. The van der Waals surface area contributed by atoms with Crippen molar-refractivity contribution in [2.24, 2.45) is 0 Å². The molecule has 100 valence electrons. The summed E-state index contributed by atoms with van der Waals surface area (Å²) in [6, 6.07) is 14.2. The van der Waals surface area contributed by atoms with Crippen LogP contribution in [0.5, 0.6) is 0 Å². The summed E-state index contributed by atoms with van der Waals surface area (Å²) >= 11 is 1.65. The van der Waals surface area contributed by atoms with Crippen LogP contribution >= 0.6 is 11.8 Å².